The number of carbonyl (C=O) groups is 1. The third kappa shape index (κ3) is 3.08. The molecule has 24 heavy (non-hydrogen) atoms. The number of carbonyl (C=O) groups excluding carboxylic acids is 1. The van der Waals surface area contributed by atoms with Crippen LogP contribution in [0.3, 0.4) is 0 Å². The molecule has 1 aliphatic rings. The average molecular weight is 331 g/mol. The largest absolute Gasteiger partial charge is 0.385 e. The molecule has 0 saturated carbocycles. The van der Waals surface area contributed by atoms with Crippen LogP contribution in [-0.4, -0.2) is 48.3 Å². The van der Waals surface area contributed by atoms with Crippen LogP contribution in [0.15, 0.2) is 18.5 Å². The zero-order chi connectivity index (χ0) is 17.3. The Balaban J connectivity index is 1.75. The van der Waals surface area contributed by atoms with Gasteiger partial charge in [-0.15, -0.1) is 0 Å². The second kappa shape index (κ2) is 6.76. The summed E-state index contributed by atoms with van der Waals surface area (Å²) < 4.78 is 3.58. The predicted octanol–water partition coefficient (Wildman–Crippen LogP) is 1.53. The maximum Gasteiger partial charge on any atom is 0.272 e. The molecular formula is C17H25N5O2. The molecule has 2 unspecified atom stereocenters. The third-order valence-corrected chi connectivity index (χ3v) is 4.74. The van der Waals surface area contributed by atoms with Crippen molar-refractivity contribution in [3.63, 3.8) is 0 Å². The number of likely N-dealkylation sites (tertiary alicyclic amines) is 1. The average Bonchev–Trinajstić information content (AvgIpc) is 3.19. The molecule has 130 valence electrons. The number of aliphatic hydroxyl groups is 1. The van der Waals surface area contributed by atoms with Crippen LogP contribution in [0.4, 0.5) is 0 Å². The smallest absolute Gasteiger partial charge is 0.272 e. The van der Waals surface area contributed by atoms with Gasteiger partial charge in [0.1, 0.15) is 17.6 Å². The summed E-state index contributed by atoms with van der Waals surface area (Å²) in [5, 5.41) is 15.0. The van der Waals surface area contributed by atoms with Gasteiger partial charge in [-0.25, -0.2) is 4.98 Å². The molecule has 1 amide bonds. The molecule has 1 fully saturated rings. The summed E-state index contributed by atoms with van der Waals surface area (Å²) in [4.78, 5) is 19.0. The van der Waals surface area contributed by atoms with Gasteiger partial charge in [0.15, 0.2) is 0 Å². The van der Waals surface area contributed by atoms with Crippen LogP contribution >= 0.6 is 0 Å². The van der Waals surface area contributed by atoms with Gasteiger partial charge in [-0.2, -0.15) is 5.10 Å². The lowest BCUT2D eigenvalue weighted by Gasteiger charge is -2.34. The molecule has 0 bridgehead atoms. The molecule has 0 radical (unpaired) electrons. The van der Waals surface area contributed by atoms with Crippen LogP contribution in [0.2, 0.25) is 0 Å². The Morgan fingerprint density at radius 1 is 1.50 bits per heavy atom. The van der Waals surface area contributed by atoms with E-state index in [4.69, 9.17) is 0 Å². The maximum absolute atomic E-state index is 12.9. The van der Waals surface area contributed by atoms with E-state index < -0.39 is 6.10 Å². The van der Waals surface area contributed by atoms with Crippen molar-refractivity contribution in [3.8, 4) is 0 Å². The monoisotopic (exact) mass is 331 g/mol. The standard InChI is InChI=1S/C17H25N5O2/c1-4-22-14(10-12(2)19-22)17(24)21-8-5-6-13(11-21)15(23)16-18-7-9-20(16)3/h7,9-10,13,15,23H,4-6,8,11H2,1-3H3. The van der Waals surface area contributed by atoms with E-state index >= 15 is 0 Å². The van der Waals surface area contributed by atoms with Crippen LogP contribution in [-0.2, 0) is 13.6 Å². The lowest BCUT2D eigenvalue weighted by molar-refractivity contribution is 0.0351. The summed E-state index contributed by atoms with van der Waals surface area (Å²) >= 11 is 0. The lowest BCUT2D eigenvalue weighted by Crippen LogP contribution is -2.42. The van der Waals surface area contributed by atoms with E-state index in [1.807, 2.05) is 42.6 Å². The fraction of sp³-hybridized carbons (Fsp3) is 0.588. The summed E-state index contributed by atoms with van der Waals surface area (Å²) in [5.74, 6) is 0.654. The minimum Gasteiger partial charge on any atom is -0.385 e. The maximum atomic E-state index is 12.9. The molecule has 3 heterocycles. The molecule has 1 aliphatic heterocycles. The van der Waals surface area contributed by atoms with E-state index in [9.17, 15) is 9.90 Å². The van der Waals surface area contributed by atoms with E-state index in [-0.39, 0.29) is 11.8 Å². The quantitative estimate of drug-likeness (QED) is 0.922. The third-order valence-electron chi connectivity index (χ3n) is 4.74. The van der Waals surface area contributed by atoms with Gasteiger partial charge >= 0.3 is 0 Å². The van der Waals surface area contributed by atoms with Crippen molar-refractivity contribution < 1.29 is 9.90 Å². The van der Waals surface area contributed by atoms with Gasteiger partial charge in [0.25, 0.3) is 5.91 Å². The fourth-order valence-corrected chi connectivity index (χ4v) is 3.45. The van der Waals surface area contributed by atoms with Gasteiger partial charge in [0.05, 0.1) is 5.69 Å². The zero-order valence-electron chi connectivity index (χ0n) is 14.5. The van der Waals surface area contributed by atoms with Crippen molar-refractivity contribution in [2.75, 3.05) is 13.1 Å². The van der Waals surface area contributed by atoms with Gasteiger partial charge in [-0.3, -0.25) is 9.48 Å². The highest BCUT2D eigenvalue weighted by atomic mass is 16.3. The van der Waals surface area contributed by atoms with Crippen molar-refractivity contribution in [1.29, 1.82) is 0 Å². The topological polar surface area (TPSA) is 76.2 Å². The SMILES string of the molecule is CCn1nc(C)cc1C(=O)N1CCCC(C(O)c2nccn2C)C1. The van der Waals surface area contributed by atoms with Gasteiger partial charge in [-0.05, 0) is 32.8 Å². The first-order valence-electron chi connectivity index (χ1n) is 8.50. The number of amides is 1. The Labute approximate surface area is 141 Å². The van der Waals surface area contributed by atoms with E-state index in [2.05, 4.69) is 10.1 Å². The normalized spacial score (nSPS) is 19.5. The molecule has 1 N–H and O–H groups in total. The van der Waals surface area contributed by atoms with Crippen LogP contribution in [0.1, 0.15) is 47.9 Å². The van der Waals surface area contributed by atoms with Gasteiger partial charge < -0.3 is 14.6 Å². The molecule has 0 aliphatic carbocycles. The number of aromatic nitrogens is 4. The minimum atomic E-state index is -0.654. The molecule has 3 rings (SSSR count). The predicted molar refractivity (Wildman–Crippen MR) is 89.4 cm³/mol. The highest BCUT2D eigenvalue weighted by molar-refractivity contribution is 5.92. The molecule has 2 aromatic heterocycles. The molecule has 2 atom stereocenters. The van der Waals surface area contributed by atoms with Gasteiger partial charge in [0, 0.05) is 45.0 Å². The van der Waals surface area contributed by atoms with Gasteiger partial charge in [-0.1, -0.05) is 0 Å². The van der Waals surface area contributed by atoms with E-state index in [0.29, 0.717) is 24.6 Å². The molecule has 0 spiro atoms. The van der Waals surface area contributed by atoms with Gasteiger partial charge in [0.2, 0.25) is 0 Å². The molecule has 2 aromatic rings. The highest BCUT2D eigenvalue weighted by Crippen LogP contribution is 2.29. The number of hydrogen-bond donors (Lipinski definition) is 1. The zero-order valence-corrected chi connectivity index (χ0v) is 14.5. The second-order valence-corrected chi connectivity index (χ2v) is 6.48. The number of rotatable bonds is 4. The second-order valence-electron chi connectivity index (χ2n) is 6.48. The van der Waals surface area contributed by atoms with Crippen LogP contribution in [0, 0.1) is 12.8 Å². The Hall–Kier alpha value is -2.15. The number of aliphatic hydroxyl groups excluding tert-OH is 1. The van der Waals surface area contributed by atoms with Crippen molar-refractivity contribution >= 4 is 5.91 Å². The summed E-state index contributed by atoms with van der Waals surface area (Å²) in [6.45, 7) is 5.80. The van der Waals surface area contributed by atoms with Crippen LogP contribution in [0.5, 0.6) is 0 Å². The number of aryl methyl sites for hydroxylation is 3. The first kappa shape index (κ1) is 16.7. The summed E-state index contributed by atoms with van der Waals surface area (Å²) in [6.07, 6.45) is 4.64. The van der Waals surface area contributed by atoms with Crippen molar-refractivity contribution in [3.05, 3.63) is 35.7 Å². The first-order chi connectivity index (χ1) is 11.5. The molecule has 0 aromatic carbocycles. The van der Waals surface area contributed by atoms with E-state index in [1.165, 1.54) is 0 Å². The molecule has 7 nitrogen and oxygen atoms in total. The summed E-state index contributed by atoms with van der Waals surface area (Å²) in [5.41, 5.74) is 1.48. The van der Waals surface area contributed by atoms with E-state index in [1.54, 1.807) is 10.9 Å². The highest BCUT2D eigenvalue weighted by Gasteiger charge is 2.32. The lowest BCUT2D eigenvalue weighted by atomic mass is 9.91. The van der Waals surface area contributed by atoms with Crippen LogP contribution in [0.25, 0.3) is 0 Å². The summed E-state index contributed by atoms with van der Waals surface area (Å²) in [7, 11) is 1.87. The number of piperidine rings is 1. The molecular weight excluding hydrogens is 306 g/mol. The molecule has 1 saturated heterocycles. The summed E-state index contributed by atoms with van der Waals surface area (Å²) in [6, 6.07) is 1.84. The number of imidazole rings is 1. The molecule has 7 heteroatoms. The Bertz CT molecular complexity index is 720. The number of nitrogens with zero attached hydrogens (tertiary/aromatic N) is 5. The Morgan fingerprint density at radius 3 is 2.96 bits per heavy atom. The van der Waals surface area contributed by atoms with Crippen molar-refractivity contribution in [2.24, 2.45) is 13.0 Å². The minimum absolute atomic E-state index is 0.00268. The Kier molecular flexibility index (Phi) is 4.71. The number of hydrogen-bond acceptors (Lipinski definition) is 4. The fourth-order valence-electron chi connectivity index (χ4n) is 3.45. The van der Waals surface area contributed by atoms with E-state index in [0.717, 1.165) is 25.1 Å². The van der Waals surface area contributed by atoms with Crippen molar-refractivity contribution in [2.45, 2.75) is 39.3 Å². The first-order valence-corrected chi connectivity index (χ1v) is 8.50. The van der Waals surface area contributed by atoms with Crippen molar-refractivity contribution in [1.82, 2.24) is 24.2 Å². The Morgan fingerprint density at radius 2 is 2.29 bits per heavy atom. The van der Waals surface area contributed by atoms with Crippen LogP contribution < -0.4 is 0 Å².